The van der Waals surface area contributed by atoms with Crippen LogP contribution in [0, 0.1) is 11.8 Å². The lowest BCUT2D eigenvalue weighted by molar-refractivity contribution is -0.147. The zero-order valence-corrected chi connectivity index (χ0v) is 10.8. The van der Waals surface area contributed by atoms with Crippen LogP contribution in [-0.4, -0.2) is 39.0 Å². The van der Waals surface area contributed by atoms with Crippen LogP contribution < -0.4 is 0 Å². The molecule has 0 bridgehead atoms. The van der Waals surface area contributed by atoms with Crippen LogP contribution in [0.4, 0.5) is 8.78 Å². The van der Waals surface area contributed by atoms with E-state index in [2.05, 4.69) is 4.98 Å². The summed E-state index contributed by atoms with van der Waals surface area (Å²) in [7, 11) is 0. The van der Waals surface area contributed by atoms with Crippen molar-refractivity contribution in [1.82, 2.24) is 9.88 Å². The number of likely N-dealkylation sites (N-methyl/N-ethyl adjacent to an activating group) is 1. The van der Waals surface area contributed by atoms with Gasteiger partial charge in [-0.1, -0.05) is 0 Å². The van der Waals surface area contributed by atoms with Gasteiger partial charge in [0.25, 0.3) is 5.91 Å². The number of carboxylic acid groups (broad SMARTS) is 1. The van der Waals surface area contributed by atoms with Crippen molar-refractivity contribution in [2.45, 2.75) is 26.3 Å². The second-order valence-corrected chi connectivity index (χ2v) is 4.38. The molecular formula is C12H14F2N2O3. The van der Waals surface area contributed by atoms with E-state index >= 15 is 0 Å². The Balaban J connectivity index is 3.24. The summed E-state index contributed by atoms with van der Waals surface area (Å²) >= 11 is 0. The molecule has 0 spiro atoms. The van der Waals surface area contributed by atoms with E-state index in [4.69, 9.17) is 5.11 Å². The monoisotopic (exact) mass is 272 g/mol. The molecule has 0 radical (unpaired) electrons. The zero-order chi connectivity index (χ0) is 14.8. The van der Waals surface area contributed by atoms with Crippen LogP contribution in [-0.2, 0) is 4.79 Å². The molecule has 0 atom stereocenters. The van der Waals surface area contributed by atoms with E-state index < -0.39 is 34.7 Å². The zero-order valence-electron chi connectivity index (χ0n) is 10.8. The molecular weight excluding hydrogens is 258 g/mol. The largest absolute Gasteiger partial charge is 0.480 e. The van der Waals surface area contributed by atoms with Crippen molar-refractivity contribution >= 4 is 11.9 Å². The van der Waals surface area contributed by atoms with Gasteiger partial charge < -0.3 is 10.0 Å². The first-order chi connectivity index (χ1) is 8.73. The van der Waals surface area contributed by atoms with Crippen LogP contribution in [0.3, 0.4) is 0 Å². The number of nitrogens with zero attached hydrogens (tertiary/aromatic N) is 2. The van der Waals surface area contributed by atoms with Crippen LogP contribution in [0.15, 0.2) is 12.3 Å². The summed E-state index contributed by atoms with van der Waals surface area (Å²) < 4.78 is 26.5. The number of halogens is 2. The summed E-state index contributed by atoms with van der Waals surface area (Å²) in [5.41, 5.74) is -2.07. The lowest BCUT2D eigenvalue weighted by Crippen LogP contribution is -2.53. The van der Waals surface area contributed by atoms with E-state index in [1.54, 1.807) is 6.92 Å². The maximum Gasteiger partial charge on any atom is 0.329 e. The van der Waals surface area contributed by atoms with E-state index in [1.807, 2.05) is 0 Å². The summed E-state index contributed by atoms with van der Waals surface area (Å²) in [5, 5.41) is 9.09. The molecule has 19 heavy (non-hydrogen) atoms. The Hall–Kier alpha value is -2.05. The molecule has 1 amide bonds. The third kappa shape index (κ3) is 2.69. The quantitative estimate of drug-likeness (QED) is 0.847. The molecule has 0 aliphatic rings. The normalized spacial score (nSPS) is 11.2. The van der Waals surface area contributed by atoms with E-state index in [-0.39, 0.29) is 6.54 Å². The van der Waals surface area contributed by atoms with Crippen molar-refractivity contribution < 1.29 is 23.5 Å². The van der Waals surface area contributed by atoms with Crippen LogP contribution in [0.25, 0.3) is 0 Å². The number of rotatable bonds is 4. The summed E-state index contributed by atoms with van der Waals surface area (Å²) in [6, 6.07) is 1.02. The van der Waals surface area contributed by atoms with Crippen molar-refractivity contribution in [2.75, 3.05) is 6.54 Å². The average Bonchev–Trinajstić information content (AvgIpc) is 2.32. The van der Waals surface area contributed by atoms with Gasteiger partial charge in [0, 0.05) is 12.7 Å². The second kappa shape index (κ2) is 5.29. The van der Waals surface area contributed by atoms with Gasteiger partial charge in [0.15, 0.2) is 5.82 Å². The minimum absolute atomic E-state index is 0.0432. The number of pyridine rings is 1. The summed E-state index contributed by atoms with van der Waals surface area (Å²) in [4.78, 5) is 27.3. The third-order valence-corrected chi connectivity index (χ3v) is 2.84. The molecule has 7 heteroatoms. The minimum atomic E-state index is -1.53. The molecule has 0 aliphatic heterocycles. The van der Waals surface area contributed by atoms with E-state index in [0.29, 0.717) is 0 Å². The van der Waals surface area contributed by atoms with Crippen molar-refractivity contribution in [2.24, 2.45) is 0 Å². The van der Waals surface area contributed by atoms with E-state index in [0.717, 1.165) is 17.2 Å². The molecule has 0 saturated heterocycles. The predicted octanol–water partition coefficient (Wildman–Crippen LogP) is 1.69. The van der Waals surface area contributed by atoms with Gasteiger partial charge in [-0.05, 0) is 26.8 Å². The second-order valence-electron chi connectivity index (χ2n) is 4.38. The molecule has 1 rings (SSSR count). The highest BCUT2D eigenvalue weighted by atomic mass is 19.2. The molecule has 1 heterocycles. The fourth-order valence-corrected chi connectivity index (χ4v) is 1.64. The predicted molar refractivity (Wildman–Crippen MR) is 62.6 cm³/mol. The summed E-state index contributed by atoms with van der Waals surface area (Å²) in [6.07, 6.45) is 0.952. The Morgan fingerprint density at radius 3 is 2.47 bits per heavy atom. The van der Waals surface area contributed by atoms with Crippen LogP contribution in [0.5, 0.6) is 0 Å². The molecule has 0 fully saturated rings. The van der Waals surface area contributed by atoms with Gasteiger partial charge in [0.2, 0.25) is 5.95 Å². The third-order valence-electron chi connectivity index (χ3n) is 2.84. The van der Waals surface area contributed by atoms with Gasteiger partial charge in [-0.2, -0.15) is 4.39 Å². The number of aliphatic carboxylic acids is 1. The van der Waals surface area contributed by atoms with Crippen molar-refractivity contribution in [3.05, 3.63) is 29.6 Å². The molecule has 5 nitrogen and oxygen atoms in total. The fraction of sp³-hybridized carbons (Fsp3) is 0.417. The molecule has 0 saturated carbocycles. The Morgan fingerprint density at radius 1 is 1.42 bits per heavy atom. The number of carbonyl (C=O) groups is 2. The number of hydrogen-bond donors (Lipinski definition) is 1. The lowest BCUT2D eigenvalue weighted by Gasteiger charge is -2.34. The number of carboxylic acids is 1. The lowest BCUT2D eigenvalue weighted by atomic mass is 10.0. The average molecular weight is 272 g/mol. The SMILES string of the molecule is CCN(C(=O)c1ccnc(F)c1F)C(C)(C)C(=O)O. The Morgan fingerprint density at radius 2 is 2.00 bits per heavy atom. The summed E-state index contributed by atoms with van der Waals surface area (Å²) in [5.74, 6) is -4.91. The topological polar surface area (TPSA) is 70.5 Å². The fourth-order valence-electron chi connectivity index (χ4n) is 1.64. The van der Waals surface area contributed by atoms with Gasteiger partial charge >= 0.3 is 5.97 Å². The Labute approximate surface area is 108 Å². The van der Waals surface area contributed by atoms with Crippen LogP contribution in [0.1, 0.15) is 31.1 Å². The molecule has 0 unspecified atom stereocenters. The van der Waals surface area contributed by atoms with E-state index in [1.165, 1.54) is 13.8 Å². The van der Waals surface area contributed by atoms with Crippen molar-refractivity contribution in [3.8, 4) is 0 Å². The van der Waals surface area contributed by atoms with E-state index in [9.17, 15) is 18.4 Å². The first kappa shape index (κ1) is 15.0. The maximum atomic E-state index is 13.5. The van der Waals surface area contributed by atoms with Gasteiger partial charge in [-0.15, -0.1) is 0 Å². The summed E-state index contributed by atoms with van der Waals surface area (Å²) in [6.45, 7) is 4.22. The van der Waals surface area contributed by atoms with Crippen molar-refractivity contribution in [3.63, 3.8) is 0 Å². The smallest absolute Gasteiger partial charge is 0.329 e. The number of aromatic nitrogens is 1. The highest BCUT2D eigenvalue weighted by molar-refractivity contribution is 5.97. The standard InChI is InChI=1S/C12H14F2N2O3/c1-4-16(12(2,3)11(18)19)10(17)7-5-6-15-9(14)8(7)13/h5-6H,4H2,1-3H3,(H,18,19). The molecule has 1 N–H and O–H groups in total. The van der Waals surface area contributed by atoms with Gasteiger partial charge in [0.1, 0.15) is 5.54 Å². The molecule has 0 aliphatic carbocycles. The van der Waals surface area contributed by atoms with Gasteiger partial charge in [0.05, 0.1) is 5.56 Å². The molecule has 1 aromatic rings. The molecule has 0 aromatic carbocycles. The maximum absolute atomic E-state index is 13.5. The van der Waals surface area contributed by atoms with Crippen LogP contribution >= 0.6 is 0 Å². The highest BCUT2D eigenvalue weighted by Crippen LogP contribution is 2.20. The highest BCUT2D eigenvalue weighted by Gasteiger charge is 2.38. The number of carbonyl (C=O) groups excluding carboxylic acids is 1. The minimum Gasteiger partial charge on any atom is -0.480 e. The number of hydrogen-bond acceptors (Lipinski definition) is 3. The molecule has 1 aromatic heterocycles. The van der Waals surface area contributed by atoms with Gasteiger partial charge in [-0.25, -0.2) is 14.2 Å². The first-order valence-electron chi connectivity index (χ1n) is 5.58. The van der Waals surface area contributed by atoms with Crippen LogP contribution in [0.2, 0.25) is 0 Å². The Bertz CT molecular complexity index is 518. The van der Waals surface area contributed by atoms with Crippen molar-refractivity contribution in [1.29, 1.82) is 0 Å². The van der Waals surface area contributed by atoms with Gasteiger partial charge in [-0.3, -0.25) is 4.79 Å². The molecule has 104 valence electrons. The number of amides is 1. The Kier molecular flexibility index (Phi) is 4.18. The first-order valence-corrected chi connectivity index (χ1v) is 5.58.